The van der Waals surface area contributed by atoms with Gasteiger partial charge >= 0.3 is 0 Å². The maximum Gasteiger partial charge on any atom is 0.140 e. The molecule has 0 aliphatic heterocycles. The molecule has 1 unspecified atom stereocenters. The minimum Gasteiger partial charge on any atom is -0.486 e. The summed E-state index contributed by atoms with van der Waals surface area (Å²) in [6, 6.07) is 8.09. The van der Waals surface area contributed by atoms with E-state index in [4.69, 9.17) is 10.5 Å². The van der Waals surface area contributed by atoms with Gasteiger partial charge in [0, 0.05) is 17.1 Å². The number of aryl methyl sites for hydroxylation is 1. The molecule has 18 heavy (non-hydrogen) atoms. The number of ether oxygens (including phenoxy) is 1. The van der Waals surface area contributed by atoms with Gasteiger partial charge in [0.2, 0.25) is 0 Å². The number of rotatable bonds is 5. The lowest BCUT2D eigenvalue weighted by Gasteiger charge is -2.10. The first-order chi connectivity index (χ1) is 8.69. The lowest BCUT2D eigenvalue weighted by atomic mass is 10.1. The van der Waals surface area contributed by atoms with Crippen LogP contribution in [0, 0.1) is 6.92 Å². The second kappa shape index (κ2) is 5.98. The minimum atomic E-state index is 0.112. The van der Waals surface area contributed by atoms with E-state index in [0.29, 0.717) is 6.61 Å². The summed E-state index contributed by atoms with van der Waals surface area (Å²) in [6.07, 6.45) is 0.943. The van der Waals surface area contributed by atoms with Crippen LogP contribution < -0.4 is 10.5 Å². The Kier molecular flexibility index (Phi) is 4.33. The molecule has 2 N–H and O–H groups in total. The van der Waals surface area contributed by atoms with Crippen molar-refractivity contribution in [1.82, 2.24) is 4.98 Å². The molecule has 0 aliphatic carbocycles. The molecule has 0 spiro atoms. The molecule has 0 bridgehead atoms. The van der Waals surface area contributed by atoms with Crippen molar-refractivity contribution in [1.29, 1.82) is 0 Å². The van der Waals surface area contributed by atoms with Gasteiger partial charge in [0.15, 0.2) is 0 Å². The van der Waals surface area contributed by atoms with E-state index < -0.39 is 0 Å². The molecule has 2 rings (SSSR count). The first kappa shape index (κ1) is 13.1. The van der Waals surface area contributed by atoms with Crippen molar-refractivity contribution >= 4 is 11.3 Å². The highest BCUT2D eigenvalue weighted by molar-refractivity contribution is 7.09. The van der Waals surface area contributed by atoms with Crippen molar-refractivity contribution in [2.75, 3.05) is 0 Å². The molecule has 1 atom stereocenters. The maximum absolute atomic E-state index is 5.96. The zero-order valence-electron chi connectivity index (χ0n) is 10.7. The molecule has 0 amide bonds. The lowest BCUT2D eigenvalue weighted by Crippen LogP contribution is -2.08. The monoisotopic (exact) mass is 262 g/mol. The van der Waals surface area contributed by atoms with Crippen molar-refractivity contribution in [2.45, 2.75) is 32.9 Å². The van der Waals surface area contributed by atoms with Crippen LogP contribution in [0.5, 0.6) is 5.75 Å². The zero-order chi connectivity index (χ0) is 13.0. The quantitative estimate of drug-likeness (QED) is 0.898. The summed E-state index contributed by atoms with van der Waals surface area (Å²) in [4.78, 5) is 4.36. The van der Waals surface area contributed by atoms with Crippen LogP contribution in [0.25, 0.3) is 0 Å². The number of nitrogens with two attached hydrogens (primary N) is 1. The summed E-state index contributed by atoms with van der Waals surface area (Å²) in [5.74, 6) is 0.856. The van der Waals surface area contributed by atoms with Crippen LogP contribution in [0.1, 0.15) is 35.7 Å². The van der Waals surface area contributed by atoms with E-state index in [2.05, 4.69) is 11.9 Å². The third-order valence-corrected chi connectivity index (χ3v) is 3.72. The van der Waals surface area contributed by atoms with Gasteiger partial charge in [-0.05, 0) is 31.0 Å². The molecule has 0 aliphatic rings. The molecule has 0 saturated heterocycles. The van der Waals surface area contributed by atoms with Gasteiger partial charge in [0.1, 0.15) is 17.4 Å². The molecular formula is C14H18N2OS. The summed E-state index contributed by atoms with van der Waals surface area (Å²) in [5, 5.41) is 3.03. The van der Waals surface area contributed by atoms with Crippen LogP contribution in [0.2, 0.25) is 0 Å². The summed E-state index contributed by atoms with van der Waals surface area (Å²) in [6.45, 7) is 4.60. The van der Waals surface area contributed by atoms with Gasteiger partial charge < -0.3 is 10.5 Å². The van der Waals surface area contributed by atoms with Crippen molar-refractivity contribution in [2.24, 2.45) is 5.73 Å². The van der Waals surface area contributed by atoms with E-state index in [0.717, 1.165) is 28.4 Å². The number of hydrogen-bond donors (Lipinski definition) is 1. The van der Waals surface area contributed by atoms with Crippen LogP contribution in [-0.4, -0.2) is 4.98 Å². The Balaban J connectivity index is 1.94. The molecule has 0 radical (unpaired) electrons. The van der Waals surface area contributed by atoms with E-state index in [1.54, 1.807) is 11.3 Å². The highest BCUT2D eigenvalue weighted by Crippen LogP contribution is 2.19. The summed E-state index contributed by atoms with van der Waals surface area (Å²) >= 11 is 1.62. The number of hydrogen-bond acceptors (Lipinski definition) is 4. The van der Waals surface area contributed by atoms with E-state index in [1.807, 2.05) is 36.6 Å². The zero-order valence-corrected chi connectivity index (χ0v) is 11.5. The average molecular weight is 262 g/mol. The van der Waals surface area contributed by atoms with E-state index in [9.17, 15) is 0 Å². The van der Waals surface area contributed by atoms with Crippen LogP contribution >= 0.6 is 11.3 Å². The van der Waals surface area contributed by atoms with Gasteiger partial charge in [-0.25, -0.2) is 4.98 Å². The van der Waals surface area contributed by atoms with Gasteiger partial charge in [-0.1, -0.05) is 19.1 Å². The van der Waals surface area contributed by atoms with Gasteiger partial charge in [-0.2, -0.15) is 0 Å². The molecule has 2 aromatic rings. The van der Waals surface area contributed by atoms with Gasteiger partial charge in [0.25, 0.3) is 0 Å². The first-order valence-corrected chi connectivity index (χ1v) is 6.96. The average Bonchev–Trinajstić information content (AvgIpc) is 2.82. The SMILES string of the molecule is CCC(N)c1ccc(OCc2nc(C)cs2)cc1. The standard InChI is InChI=1S/C14H18N2OS/c1-3-13(15)11-4-6-12(7-5-11)17-8-14-16-10(2)9-18-14/h4-7,9,13H,3,8,15H2,1-2H3. The fraction of sp³-hybridized carbons (Fsp3) is 0.357. The lowest BCUT2D eigenvalue weighted by molar-refractivity contribution is 0.305. The summed E-state index contributed by atoms with van der Waals surface area (Å²) in [5.41, 5.74) is 8.16. The molecule has 0 saturated carbocycles. The number of aromatic nitrogens is 1. The molecule has 1 aromatic heterocycles. The summed E-state index contributed by atoms with van der Waals surface area (Å²) < 4.78 is 5.68. The van der Waals surface area contributed by atoms with Gasteiger partial charge in [-0.15, -0.1) is 11.3 Å². The second-order valence-corrected chi connectivity index (χ2v) is 5.20. The topological polar surface area (TPSA) is 48.1 Å². The number of nitrogens with zero attached hydrogens (tertiary/aromatic N) is 1. The number of benzene rings is 1. The third kappa shape index (κ3) is 3.31. The molecule has 0 fully saturated rings. The van der Waals surface area contributed by atoms with Crippen LogP contribution in [0.3, 0.4) is 0 Å². The largest absolute Gasteiger partial charge is 0.486 e. The molecule has 1 heterocycles. The minimum absolute atomic E-state index is 0.112. The van der Waals surface area contributed by atoms with Crippen molar-refractivity contribution in [3.8, 4) is 5.75 Å². The Morgan fingerprint density at radius 2 is 2.06 bits per heavy atom. The Morgan fingerprint density at radius 3 is 2.61 bits per heavy atom. The highest BCUT2D eigenvalue weighted by Gasteiger charge is 2.04. The van der Waals surface area contributed by atoms with Gasteiger partial charge in [-0.3, -0.25) is 0 Å². The molecule has 96 valence electrons. The summed E-state index contributed by atoms with van der Waals surface area (Å²) in [7, 11) is 0. The number of thiazole rings is 1. The normalized spacial score (nSPS) is 12.4. The predicted molar refractivity (Wildman–Crippen MR) is 74.8 cm³/mol. The molecule has 1 aromatic carbocycles. The van der Waals surface area contributed by atoms with E-state index in [1.165, 1.54) is 0 Å². The fourth-order valence-electron chi connectivity index (χ4n) is 1.66. The maximum atomic E-state index is 5.96. The first-order valence-electron chi connectivity index (χ1n) is 6.08. The predicted octanol–water partition coefficient (Wildman–Crippen LogP) is 3.44. The Bertz CT molecular complexity index is 493. The van der Waals surface area contributed by atoms with Crippen molar-refractivity contribution in [3.05, 3.63) is 45.9 Å². The van der Waals surface area contributed by atoms with E-state index >= 15 is 0 Å². The van der Waals surface area contributed by atoms with Crippen molar-refractivity contribution < 1.29 is 4.74 Å². The molecule has 3 nitrogen and oxygen atoms in total. The van der Waals surface area contributed by atoms with Crippen LogP contribution in [-0.2, 0) is 6.61 Å². The molecule has 4 heteroatoms. The fourth-order valence-corrected chi connectivity index (χ4v) is 2.34. The van der Waals surface area contributed by atoms with E-state index in [-0.39, 0.29) is 6.04 Å². The smallest absolute Gasteiger partial charge is 0.140 e. The van der Waals surface area contributed by atoms with Crippen LogP contribution in [0.4, 0.5) is 0 Å². The van der Waals surface area contributed by atoms with Gasteiger partial charge in [0.05, 0.1) is 0 Å². The molecular weight excluding hydrogens is 244 g/mol. The Labute approximate surface area is 112 Å². The van der Waals surface area contributed by atoms with Crippen molar-refractivity contribution in [3.63, 3.8) is 0 Å². The highest BCUT2D eigenvalue weighted by atomic mass is 32.1. The Hall–Kier alpha value is -1.39. The Morgan fingerprint density at radius 1 is 1.33 bits per heavy atom. The second-order valence-electron chi connectivity index (χ2n) is 4.26. The van der Waals surface area contributed by atoms with Crippen LogP contribution in [0.15, 0.2) is 29.6 Å². The third-order valence-electron chi connectivity index (χ3n) is 2.78.